The van der Waals surface area contributed by atoms with Gasteiger partial charge in [0.25, 0.3) is 5.69 Å². The van der Waals surface area contributed by atoms with Gasteiger partial charge in [0.2, 0.25) is 0 Å². The van der Waals surface area contributed by atoms with E-state index >= 15 is 0 Å². The fourth-order valence-electron chi connectivity index (χ4n) is 1.95. The predicted octanol–water partition coefficient (Wildman–Crippen LogP) is 4.05. The van der Waals surface area contributed by atoms with Crippen LogP contribution in [0.25, 0.3) is 0 Å². The summed E-state index contributed by atoms with van der Waals surface area (Å²) in [4.78, 5) is 14.9. The van der Waals surface area contributed by atoms with Crippen LogP contribution in [0.2, 0.25) is 0 Å². The van der Waals surface area contributed by atoms with Gasteiger partial charge in [0.1, 0.15) is 11.6 Å². The molecule has 0 aliphatic rings. The number of unbranched alkanes of at least 4 members (excludes halogenated alkanes) is 1. The van der Waals surface area contributed by atoms with Crippen LogP contribution in [0.5, 0.6) is 0 Å². The lowest BCUT2D eigenvalue weighted by atomic mass is 10.1. The third-order valence-electron chi connectivity index (χ3n) is 3.09. The van der Waals surface area contributed by atoms with Crippen LogP contribution >= 0.6 is 0 Å². The molecule has 1 heterocycles. The van der Waals surface area contributed by atoms with Crippen LogP contribution in [-0.4, -0.2) is 23.0 Å². The van der Waals surface area contributed by atoms with Crippen molar-refractivity contribution in [1.82, 2.24) is 4.98 Å². The maximum atomic E-state index is 11.0. The lowest BCUT2D eigenvalue weighted by molar-refractivity contribution is -0.384. The molecule has 0 unspecified atom stereocenters. The first-order valence-electron chi connectivity index (χ1n) is 7.67. The van der Waals surface area contributed by atoms with Gasteiger partial charge >= 0.3 is 0 Å². The van der Waals surface area contributed by atoms with Crippen molar-refractivity contribution in [2.75, 3.05) is 23.7 Å². The Morgan fingerprint density at radius 2 is 1.81 bits per heavy atom. The fraction of sp³-hybridized carbons (Fsp3) is 0.667. The van der Waals surface area contributed by atoms with E-state index in [1.165, 1.54) is 18.6 Å². The van der Waals surface area contributed by atoms with E-state index in [-0.39, 0.29) is 10.6 Å². The third kappa shape index (κ3) is 6.92. The van der Waals surface area contributed by atoms with Crippen molar-refractivity contribution in [3.05, 3.63) is 22.2 Å². The molecule has 6 heteroatoms. The average Bonchev–Trinajstić information content (AvgIpc) is 2.44. The molecule has 0 amide bonds. The topological polar surface area (TPSA) is 80.1 Å². The van der Waals surface area contributed by atoms with Gasteiger partial charge in [-0.25, -0.2) is 4.98 Å². The fourth-order valence-corrected chi connectivity index (χ4v) is 1.95. The molecule has 1 rings (SSSR count). The molecule has 0 saturated heterocycles. The lowest BCUT2D eigenvalue weighted by Gasteiger charge is -2.09. The molecule has 0 atom stereocenters. The predicted molar refractivity (Wildman–Crippen MR) is 86.9 cm³/mol. The van der Waals surface area contributed by atoms with Crippen molar-refractivity contribution in [2.24, 2.45) is 5.92 Å². The minimum Gasteiger partial charge on any atom is -0.370 e. The Hall–Kier alpha value is -1.85. The Kier molecular flexibility index (Phi) is 7.50. The minimum absolute atomic E-state index is 0.0632. The van der Waals surface area contributed by atoms with Crippen LogP contribution < -0.4 is 10.6 Å². The van der Waals surface area contributed by atoms with E-state index in [9.17, 15) is 10.1 Å². The quantitative estimate of drug-likeness (QED) is 0.386. The molecule has 0 aliphatic heterocycles. The lowest BCUT2D eigenvalue weighted by Crippen LogP contribution is -2.08. The van der Waals surface area contributed by atoms with Gasteiger partial charge in [0.05, 0.1) is 17.1 Å². The summed E-state index contributed by atoms with van der Waals surface area (Å²) < 4.78 is 0. The molecule has 0 radical (unpaired) electrons. The highest BCUT2D eigenvalue weighted by molar-refractivity contribution is 5.54. The van der Waals surface area contributed by atoms with Crippen LogP contribution in [0, 0.1) is 16.0 Å². The highest BCUT2D eigenvalue weighted by atomic mass is 16.6. The molecule has 0 aliphatic carbocycles. The Balaban J connectivity index is 2.58. The molecule has 0 aromatic carbocycles. The minimum atomic E-state index is -0.386. The molecular weight excluding hydrogens is 268 g/mol. The van der Waals surface area contributed by atoms with Gasteiger partial charge in [0.15, 0.2) is 0 Å². The second-order valence-corrected chi connectivity index (χ2v) is 5.60. The Labute approximate surface area is 126 Å². The van der Waals surface area contributed by atoms with E-state index in [1.54, 1.807) is 0 Å². The largest absolute Gasteiger partial charge is 0.370 e. The summed E-state index contributed by atoms with van der Waals surface area (Å²) in [5, 5.41) is 17.2. The zero-order valence-electron chi connectivity index (χ0n) is 13.2. The number of nitro groups is 1. The van der Waals surface area contributed by atoms with Gasteiger partial charge in [-0.3, -0.25) is 10.1 Å². The summed E-state index contributed by atoms with van der Waals surface area (Å²) in [5.41, 5.74) is 0.0632. The third-order valence-corrected chi connectivity index (χ3v) is 3.09. The number of pyridine rings is 1. The van der Waals surface area contributed by atoms with E-state index in [0.29, 0.717) is 17.6 Å². The van der Waals surface area contributed by atoms with E-state index in [0.717, 1.165) is 32.4 Å². The van der Waals surface area contributed by atoms with Gasteiger partial charge in [-0.2, -0.15) is 0 Å². The second kappa shape index (κ2) is 9.15. The van der Waals surface area contributed by atoms with Crippen LogP contribution in [0.4, 0.5) is 17.3 Å². The van der Waals surface area contributed by atoms with Crippen molar-refractivity contribution in [2.45, 2.75) is 46.5 Å². The normalized spacial score (nSPS) is 10.7. The molecule has 0 spiro atoms. The van der Waals surface area contributed by atoms with Crippen LogP contribution in [0.3, 0.4) is 0 Å². The Morgan fingerprint density at radius 3 is 2.33 bits per heavy atom. The van der Waals surface area contributed by atoms with Crippen LogP contribution in [0.15, 0.2) is 12.1 Å². The maximum absolute atomic E-state index is 11.0. The first-order chi connectivity index (χ1) is 10.0. The van der Waals surface area contributed by atoms with E-state index < -0.39 is 0 Å². The van der Waals surface area contributed by atoms with E-state index in [1.807, 2.05) is 6.92 Å². The van der Waals surface area contributed by atoms with Crippen LogP contribution in [0.1, 0.15) is 46.5 Å². The van der Waals surface area contributed by atoms with Crippen LogP contribution in [-0.2, 0) is 0 Å². The smallest absolute Gasteiger partial charge is 0.276 e. The van der Waals surface area contributed by atoms with Gasteiger partial charge < -0.3 is 10.6 Å². The average molecular weight is 294 g/mol. The highest BCUT2D eigenvalue weighted by Gasteiger charge is 2.10. The SMILES string of the molecule is CCCNc1cc([N+](=O)[O-])cc(NCCCCC(C)C)n1. The van der Waals surface area contributed by atoms with Gasteiger partial charge in [-0.05, 0) is 18.8 Å². The van der Waals surface area contributed by atoms with Crippen molar-refractivity contribution in [1.29, 1.82) is 0 Å². The molecule has 21 heavy (non-hydrogen) atoms. The summed E-state index contributed by atoms with van der Waals surface area (Å²) in [5.74, 6) is 1.83. The molecule has 6 nitrogen and oxygen atoms in total. The van der Waals surface area contributed by atoms with Crippen molar-refractivity contribution >= 4 is 17.3 Å². The van der Waals surface area contributed by atoms with E-state index in [2.05, 4.69) is 29.5 Å². The monoisotopic (exact) mass is 294 g/mol. The number of rotatable bonds is 10. The number of nitrogens with zero attached hydrogens (tertiary/aromatic N) is 2. The van der Waals surface area contributed by atoms with Crippen molar-refractivity contribution in [3.63, 3.8) is 0 Å². The molecule has 2 N–H and O–H groups in total. The number of hydrogen-bond donors (Lipinski definition) is 2. The second-order valence-electron chi connectivity index (χ2n) is 5.60. The van der Waals surface area contributed by atoms with Crippen molar-refractivity contribution < 1.29 is 4.92 Å². The van der Waals surface area contributed by atoms with Gasteiger partial charge in [-0.1, -0.05) is 33.6 Å². The molecule has 0 fully saturated rings. The molecule has 118 valence electrons. The zero-order chi connectivity index (χ0) is 15.7. The standard InChI is InChI=1S/C15H26N4O2/c1-4-8-16-14-10-13(19(20)21)11-15(18-14)17-9-6-5-7-12(2)3/h10-12H,4-9H2,1-3H3,(H2,16,17,18). The number of hydrogen-bond acceptors (Lipinski definition) is 5. The number of aromatic nitrogens is 1. The first-order valence-corrected chi connectivity index (χ1v) is 7.67. The highest BCUT2D eigenvalue weighted by Crippen LogP contribution is 2.20. The zero-order valence-corrected chi connectivity index (χ0v) is 13.2. The van der Waals surface area contributed by atoms with Crippen molar-refractivity contribution in [3.8, 4) is 0 Å². The van der Waals surface area contributed by atoms with Gasteiger partial charge in [0, 0.05) is 13.1 Å². The summed E-state index contributed by atoms with van der Waals surface area (Å²) in [6, 6.07) is 2.96. The molecule has 1 aromatic heterocycles. The first kappa shape index (κ1) is 17.2. The number of nitrogens with one attached hydrogen (secondary N) is 2. The van der Waals surface area contributed by atoms with Gasteiger partial charge in [-0.15, -0.1) is 0 Å². The van der Waals surface area contributed by atoms with E-state index in [4.69, 9.17) is 0 Å². The molecule has 0 saturated carbocycles. The number of anilines is 2. The Bertz CT molecular complexity index is 449. The Morgan fingerprint density at radius 1 is 1.19 bits per heavy atom. The summed E-state index contributed by atoms with van der Waals surface area (Å²) in [6.07, 6.45) is 4.34. The molecule has 0 bridgehead atoms. The molecular formula is C15H26N4O2. The summed E-state index contributed by atoms with van der Waals surface area (Å²) in [7, 11) is 0. The summed E-state index contributed by atoms with van der Waals surface area (Å²) in [6.45, 7) is 8.00. The summed E-state index contributed by atoms with van der Waals surface area (Å²) >= 11 is 0. The molecule has 1 aromatic rings. The maximum Gasteiger partial charge on any atom is 0.276 e.